The normalized spacial score (nSPS) is 11.6. The lowest BCUT2D eigenvalue weighted by molar-refractivity contribution is -0.384. The summed E-state index contributed by atoms with van der Waals surface area (Å²) in [7, 11) is -2.98. The number of hydrogen-bond acceptors (Lipinski definition) is 6. The molecule has 0 atom stereocenters. The number of rotatable bonds is 5. The molecule has 37 heavy (non-hydrogen) atoms. The Kier molecular flexibility index (Phi) is 5.76. The number of aromatic nitrogens is 1. The van der Waals surface area contributed by atoms with E-state index in [2.05, 4.69) is 0 Å². The standard InChI is InChI=1S/C27H19FN2O6S/c1-16-25-19-10-6-7-11-22(19)29(37(34,35)18-8-4-3-5-9-18)24(25)15-21(26(16)27(31)36-2)20-14-17(28)12-13-23(20)30(32)33/h3-15H,1-2H3. The summed E-state index contributed by atoms with van der Waals surface area (Å²) < 4.78 is 48.3. The van der Waals surface area contributed by atoms with Gasteiger partial charge in [-0.2, -0.15) is 0 Å². The Morgan fingerprint density at radius 3 is 2.30 bits per heavy atom. The van der Waals surface area contributed by atoms with Gasteiger partial charge in [0.25, 0.3) is 15.7 Å². The molecule has 5 aromatic rings. The number of ether oxygens (including phenoxy) is 1. The molecular weight excluding hydrogens is 499 g/mol. The van der Waals surface area contributed by atoms with Crippen LogP contribution in [0, 0.1) is 22.9 Å². The Morgan fingerprint density at radius 1 is 0.946 bits per heavy atom. The summed E-state index contributed by atoms with van der Waals surface area (Å²) in [6.45, 7) is 1.61. The fourth-order valence-electron chi connectivity index (χ4n) is 4.71. The molecule has 5 rings (SSSR count). The first kappa shape index (κ1) is 24.1. The summed E-state index contributed by atoms with van der Waals surface area (Å²) in [4.78, 5) is 24.2. The van der Waals surface area contributed by atoms with E-state index in [-0.39, 0.29) is 27.1 Å². The lowest BCUT2D eigenvalue weighted by Gasteiger charge is -2.15. The Balaban J connectivity index is 2.02. The van der Waals surface area contributed by atoms with Gasteiger partial charge in [-0.1, -0.05) is 36.4 Å². The second-order valence-electron chi connectivity index (χ2n) is 8.33. The molecule has 0 fully saturated rings. The van der Waals surface area contributed by atoms with E-state index in [1.165, 1.54) is 25.3 Å². The van der Waals surface area contributed by atoms with Gasteiger partial charge in [0.2, 0.25) is 0 Å². The quantitative estimate of drug-likeness (QED) is 0.164. The van der Waals surface area contributed by atoms with Gasteiger partial charge < -0.3 is 4.74 Å². The summed E-state index contributed by atoms with van der Waals surface area (Å²) in [5.41, 5.74) is 0.216. The van der Waals surface area contributed by atoms with Gasteiger partial charge in [0.1, 0.15) is 5.82 Å². The van der Waals surface area contributed by atoms with Crippen LogP contribution in [0.2, 0.25) is 0 Å². The highest BCUT2D eigenvalue weighted by molar-refractivity contribution is 7.90. The van der Waals surface area contributed by atoms with Crippen LogP contribution in [0.25, 0.3) is 32.9 Å². The second-order valence-corrected chi connectivity index (χ2v) is 10.1. The highest BCUT2D eigenvalue weighted by atomic mass is 32.2. The molecule has 4 aromatic carbocycles. The molecule has 1 heterocycles. The highest BCUT2D eigenvalue weighted by Crippen LogP contribution is 2.42. The van der Waals surface area contributed by atoms with E-state index in [1.54, 1.807) is 49.4 Å². The van der Waals surface area contributed by atoms with E-state index in [9.17, 15) is 27.7 Å². The van der Waals surface area contributed by atoms with Gasteiger partial charge >= 0.3 is 5.97 Å². The third kappa shape index (κ3) is 3.73. The number of para-hydroxylation sites is 1. The monoisotopic (exact) mass is 518 g/mol. The van der Waals surface area contributed by atoms with Crippen LogP contribution in [0.1, 0.15) is 15.9 Å². The van der Waals surface area contributed by atoms with Crippen molar-refractivity contribution in [2.75, 3.05) is 7.11 Å². The van der Waals surface area contributed by atoms with E-state index < -0.39 is 32.4 Å². The van der Waals surface area contributed by atoms with E-state index in [0.29, 0.717) is 21.9 Å². The number of aryl methyl sites for hydroxylation is 1. The molecule has 0 saturated heterocycles. The van der Waals surface area contributed by atoms with Crippen molar-refractivity contribution in [3.05, 3.63) is 106 Å². The molecule has 8 nitrogen and oxygen atoms in total. The number of methoxy groups -OCH3 is 1. The molecule has 0 amide bonds. The molecule has 0 unspecified atom stereocenters. The van der Waals surface area contributed by atoms with E-state index in [0.717, 1.165) is 22.2 Å². The summed E-state index contributed by atoms with van der Waals surface area (Å²) in [5, 5.41) is 12.8. The van der Waals surface area contributed by atoms with Crippen molar-refractivity contribution < 1.29 is 27.3 Å². The maximum atomic E-state index is 14.3. The molecule has 0 N–H and O–H groups in total. The van der Waals surface area contributed by atoms with Gasteiger partial charge in [-0.3, -0.25) is 10.1 Å². The van der Waals surface area contributed by atoms with Crippen LogP contribution < -0.4 is 0 Å². The largest absolute Gasteiger partial charge is 0.465 e. The average Bonchev–Trinajstić information content (AvgIpc) is 3.23. The Hall–Kier alpha value is -4.57. The first-order chi connectivity index (χ1) is 17.7. The zero-order valence-corrected chi connectivity index (χ0v) is 20.5. The molecule has 186 valence electrons. The molecule has 0 aliphatic carbocycles. The fraction of sp³-hybridized carbons (Fsp3) is 0.0741. The van der Waals surface area contributed by atoms with Crippen LogP contribution in [0.5, 0.6) is 0 Å². The van der Waals surface area contributed by atoms with E-state index in [4.69, 9.17) is 4.74 Å². The van der Waals surface area contributed by atoms with Gasteiger partial charge in [0.15, 0.2) is 0 Å². The van der Waals surface area contributed by atoms with Crippen molar-refractivity contribution in [1.82, 2.24) is 3.97 Å². The Bertz CT molecular complexity index is 1850. The number of benzene rings is 4. The van der Waals surface area contributed by atoms with Crippen molar-refractivity contribution in [3.8, 4) is 11.1 Å². The van der Waals surface area contributed by atoms with Crippen molar-refractivity contribution in [3.63, 3.8) is 0 Å². The molecule has 0 spiro atoms. The smallest absolute Gasteiger partial charge is 0.338 e. The first-order valence-electron chi connectivity index (χ1n) is 11.1. The number of nitrogens with zero attached hydrogens (tertiary/aromatic N) is 2. The van der Waals surface area contributed by atoms with Crippen LogP contribution in [0.3, 0.4) is 0 Å². The van der Waals surface area contributed by atoms with Gasteiger partial charge in [-0.25, -0.2) is 21.6 Å². The van der Waals surface area contributed by atoms with E-state index >= 15 is 0 Å². The molecule has 0 aliphatic rings. The third-order valence-electron chi connectivity index (χ3n) is 6.28. The molecule has 0 radical (unpaired) electrons. The number of esters is 1. The molecule has 1 aromatic heterocycles. The van der Waals surface area contributed by atoms with Crippen molar-refractivity contribution >= 4 is 43.5 Å². The average molecular weight is 519 g/mol. The first-order valence-corrected chi connectivity index (χ1v) is 12.5. The fourth-order valence-corrected chi connectivity index (χ4v) is 6.24. The maximum absolute atomic E-state index is 14.3. The van der Waals surface area contributed by atoms with Crippen LogP contribution in [0.15, 0.2) is 83.8 Å². The topological polar surface area (TPSA) is 109 Å². The minimum absolute atomic E-state index is 0.0182. The van der Waals surface area contributed by atoms with Crippen LogP contribution in [-0.2, 0) is 14.8 Å². The molecule has 10 heteroatoms. The minimum atomic E-state index is -4.15. The number of halogens is 1. The van der Waals surface area contributed by atoms with Gasteiger partial charge in [-0.05, 0) is 48.9 Å². The van der Waals surface area contributed by atoms with Gasteiger partial charge in [0.05, 0.1) is 39.1 Å². The van der Waals surface area contributed by atoms with Crippen LogP contribution in [0.4, 0.5) is 10.1 Å². The lowest BCUT2D eigenvalue weighted by atomic mass is 9.91. The molecule has 0 bridgehead atoms. The highest BCUT2D eigenvalue weighted by Gasteiger charge is 2.30. The summed E-state index contributed by atoms with van der Waals surface area (Å²) in [5.74, 6) is -1.55. The van der Waals surface area contributed by atoms with Crippen LogP contribution in [-0.4, -0.2) is 30.4 Å². The molecule has 0 saturated carbocycles. The molecule has 0 aliphatic heterocycles. The van der Waals surface area contributed by atoms with Crippen molar-refractivity contribution in [1.29, 1.82) is 0 Å². The summed E-state index contributed by atoms with van der Waals surface area (Å²) >= 11 is 0. The zero-order valence-electron chi connectivity index (χ0n) is 19.6. The number of carbonyl (C=O) groups excluding carboxylic acids is 1. The lowest BCUT2D eigenvalue weighted by Crippen LogP contribution is -2.13. The number of nitro benzene ring substituents is 1. The number of fused-ring (bicyclic) bond motifs is 3. The van der Waals surface area contributed by atoms with Crippen molar-refractivity contribution in [2.24, 2.45) is 0 Å². The third-order valence-corrected chi connectivity index (χ3v) is 8.03. The minimum Gasteiger partial charge on any atom is -0.465 e. The Labute approximate surface area is 210 Å². The molecular formula is C27H19FN2O6S. The predicted octanol–water partition coefficient (Wildman–Crippen LogP) is 5.84. The summed E-state index contributed by atoms with van der Waals surface area (Å²) in [6, 6.07) is 18.9. The zero-order chi connectivity index (χ0) is 26.5. The second kappa shape index (κ2) is 8.82. The maximum Gasteiger partial charge on any atom is 0.338 e. The van der Waals surface area contributed by atoms with Gasteiger partial charge in [0, 0.05) is 22.4 Å². The number of hydrogen-bond donors (Lipinski definition) is 0. The van der Waals surface area contributed by atoms with Crippen molar-refractivity contribution in [2.45, 2.75) is 11.8 Å². The predicted molar refractivity (Wildman–Crippen MR) is 137 cm³/mol. The van der Waals surface area contributed by atoms with Gasteiger partial charge in [-0.15, -0.1) is 0 Å². The summed E-state index contributed by atoms with van der Waals surface area (Å²) in [6.07, 6.45) is 0. The van der Waals surface area contributed by atoms with E-state index in [1.807, 2.05) is 0 Å². The number of nitro groups is 1. The number of carbonyl (C=O) groups is 1. The SMILES string of the molecule is COC(=O)c1c(-c2cc(F)ccc2[N+](=O)[O-])cc2c(c1C)c1ccccc1n2S(=O)(=O)c1ccccc1. The van der Waals surface area contributed by atoms with Crippen LogP contribution >= 0.6 is 0 Å². The Morgan fingerprint density at radius 2 is 1.62 bits per heavy atom.